The van der Waals surface area contributed by atoms with E-state index in [-0.39, 0.29) is 0 Å². The zero-order valence-electron chi connectivity index (χ0n) is 46.6. The Balaban J connectivity index is 3.62. The lowest BCUT2D eigenvalue weighted by molar-refractivity contribution is -0.132. The molecule has 0 saturated carbocycles. The van der Waals surface area contributed by atoms with Crippen molar-refractivity contribution in [3.63, 3.8) is 0 Å². The highest BCUT2D eigenvalue weighted by Gasteiger charge is 2.28. The lowest BCUT2D eigenvalue weighted by Crippen LogP contribution is -2.53. The summed E-state index contributed by atoms with van der Waals surface area (Å²) in [6, 6.07) is -1.01. The third kappa shape index (κ3) is 51.5. The molecule has 6 nitrogen and oxygen atoms in total. The molecular weight excluding hydrogens is 851 g/mol. The maximum atomic E-state index is 12.6. The van der Waals surface area contributed by atoms with E-state index in [1.165, 1.54) is 270 Å². The van der Waals surface area contributed by atoms with Gasteiger partial charge in [-0.2, -0.15) is 0 Å². The van der Waals surface area contributed by atoms with Crippen LogP contribution < -0.4 is 5.32 Å². The largest absolute Gasteiger partial charge is 0.394 e. The van der Waals surface area contributed by atoms with Gasteiger partial charge in [0, 0.05) is 0 Å². The molecule has 0 rings (SSSR count). The van der Waals surface area contributed by atoms with Crippen LogP contribution in [0.4, 0.5) is 0 Å². The summed E-state index contributed by atoms with van der Waals surface area (Å²) in [6.07, 6.45) is 71.3. The molecule has 0 bridgehead atoms. The summed E-state index contributed by atoms with van der Waals surface area (Å²) in [7, 11) is 0. The number of hydrogen-bond acceptors (Lipinski definition) is 5. The van der Waals surface area contributed by atoms with Gasteiger partial charge in [0.1, 0.15) is 12.2 Å². The monoisotopic (exact) mass is 974 g/mol. The molecule has 410 valence electrons. The summed E-state index contributed by atoms with van der Waals surface area (Å²) >= 11 is 0. The molecule has 0 heterocycles. The first kappa shape index (κ1) is 67.8. The van der Waals surface area contributed by atoms with Crippen molar-refractivity contribution in [2.75, 3.05) is 6.61 Å². The molecule has 0 aromatic rings. The number of allylic oxidation sites excluding steroid dienone is 4. The topological polar surface area (TPSA) is 110 Å². The molecule has 0 saturated heterocycles. The molecular formula is C63H123NO5. The van der Waals surface area contributed by atoms with E-state index in [1.807, 2.05) is 0 Å². The van der Waals surface area contributed by atoms with Gasteiger partial charge in [0.25, 0.3) is 0 Å². The van der Waals surface area contributed by atoms with Crippen LogP contribution in [0.3, 0.4) is 0 Å². The Hall–Kier alpha value is -1.21. The second-order valence-electron chi connectivity index (χ2n) is 21.7. The molecule has 0 aromatic carbocycles. The van der Waals surface area contributed by atoms with Gasteiger partial charge in [0.15, 0.2) is 0 Å². The van der Waals surface area contributed by atoms with Crippen LogP contribution in [-0.4, -0.2) is 57.3 Å². The zero-order valence-corrected chi connectivity index (χ0v) is 46.6. The number of unbranched alkanes of at least 4 members (excludes halogenated alkanes) is 45. The van der Waals surface area contributed by atoms with E-state index in [1.54, 1.807) is 0 Å². The predicted molar refractivity (Wildman–Crippen MR) is 302 cm³/mol. The first-order valence-electron chi connectivity index (χ1n) is 31.2. The maximum Gasteiger partial charge on any atom is 0.249 e. The normalized spacial score (nSPS) is 13.8. The molecule has 4 unspecified atom stereocenters. The summed E-state index contributed by atoms with van der Waals surface area (Å²) in [5.74, 6) is -0.591. The van der Waals surface area contributed by atoms with Crippen molar-refractivity contribution in [2.24, 2.45) is 0 Å². The first-order chi connectivity index (χ1) is 34.0. The molecule has 1 amide bonds. The van der Waals surface area contributed by atoms with Gasteiger partial charge in [-0.05, 0) is 51.4 Å². The minimum Gasteiger partial charge on any atom is -0.394 e. The second-order valence-corrected chi connectivity index (χ2v) is 21.7. The average molecular weight is 975 g/mol. The van der Waals surface area contributed by atoms with Gasteiger partial charge in [0.05, 0.1) is 18.8 Å². The van der Waals surface area contributed by atoms with Gasteiger partial charge in [-0.15, -0.1) is 0 Å². The first-order valence-corrected chi connectivity index (χ1v) is 31.2. The molecule has 5 N–H and O–H groups in total. The Morgan fingerprint density at radius 2 is 0.609 bits per heavy atom. The van der Waals surface area contributed by atoms with Crippen LogP contribution >= 0.6 is 0 Å². The van der Waals surface area contributed by atoms with Gasteiger partial charge in [0.2, 0.25) is 5.91 Å². The Kier molecular flexibility index (Phi) is 56.7. The van der Waals surface area contributed by atoms with Crippen molar-refractivity contribution in [2.45, 2.75) is 366 Å². The molecule has 0 aliphatic rings. The van der Waals surface area contributed by atoms with Crippen molar-refractivity contribution < 1.29 is 25.2 Å². The SMILES string of the molecule is CCCCCCCCCCCCCCCCCCCCC/C=C/CC/C=C/CCCC(O)C(O)C(CO)NC(=O)C(O)CCCCCCCCCCCCCCCCCCCCCCCCCCC. The maximum absolute atomic E-state index is 12.6. The highest BCUT2D eigenvalue weighted by atomic mass is 16.3. The summed E-state index contributed by atoms with van der Waals surface area (Å²) in [5, 5.41) is 44.1. The van der Waals surface area contributed by atoms with Gasteiger partial charge in [-0.3, -0.25) is 4.79 Å². The van der Waals surface area contributed by atoms with Crippen LogP contribution in [-0.2, 0) is 4.79 Å². The van der Waals surface area contributed by atoms with E-state index < -0.39 is 36.9 Å². The Morgan fingerprint density at radius 1 is 0.348 bits per heavy atom. The molecule has 0 aromatic heterocycles. The van der Waals surface area contributed by atoms with Gasteiger partial charge in [-0.25, -0.2) is 0 Å². The lowest BCUT2D eigenvalue weighted by Gasteiger charge is -2.27. The number of carbonyl (C=O) groups excluding carboxylic acids is 1. The molecule has 0 spiro atoms. The highest BCUT2D eigenvalue weighted by molar-refractivity contribution is 5.80. The summed E-state index contributed by atoms with van der Waals surface area (Å²) < 4.78 is 0. The third-order valence-electron chi connectivity index (χ3n) is 14.9. The lowest BCUT2D eigenvalue weighted by atomic mass is 10.00. The number of aliphatic hydroxyl groups is 4. The van der Waals surface area contributed by atoms with Crippen molar-refractivity contribution in [3.05, 3.63) is 24.3 Å². The van der Waals surface area contributed by atoms with E-state index in [0.717, 1.165) is 38.5 Å². The molecule has 6 heteroatoms. The summed E-state index contributed by atoms with van der Waals surface area (Å²) in [6.45, 7) is 4.09. The van der Waals surface area contributed by atoms with E-state index in [9.17, 15) is 25.2 Å². The van der Waals surface area contributed by atoms with Gasteiger partial charge >= 0.3 is 0 Å². The molecule has 0 fully saturated rings. The van der Waals surface area contributed by atoms with Crippen molar-refractivity contribution in [3.8, 4) is 0 Å². The Bertz CT molecular complexity index is 1050. The number of amides is 1. The zero-order chi connectivity index (χ0) is 50.2. The van der Waals surface area contributed by atoms with Crippen LogP contribution in [0.2, 0.25) is 0 Å². The minimum atomic E-state index is -1.29. The fourth-order valence-electron chi connectivity index (χ4n) is 10.0. The number of aliphatic hydroxyl groups excluding tert-OH is 4. The summed E-state index contributed by atoms with van der Waals surface area (Å²) in [4.78, 5) is 12.6. The van der Waals surface area contributed by atoms with Crippen molar-refractivity contribution in [1.82, 2.24) is 5.32 Å². The van der Waals surface area contributed by atoms with Gasteiger partial charge in [-0.1, -0.05) is 314 Å². The Morgan fingerprint density at radius 3 is 0.913 bits per heavy atom. The van der Waals surface area contributed by atoms with E-state index in [0.29, 0.717) is 19.3 Å². The number of hydrogen-bond donors (Lipinski definition) is 5. The number of carbonyl (C=O) groups is 1. The van der Waals surface area contributed by atoms with Crippen molar-refractivity contribution >= 4 is 5.91 Å². The predicted octanol–water partition coefficient (Wildman–Crippen LogP) is 18.6. The standard InChI is InChI=1S/C63H123NO5/c1-3-5-7-9-11-13-15-17-19-21-23-25-27-29-30-31-33-34-36-38-40-42-44-46-48-50-52-54-56-60(66)62(68)59(58-65)64-63(69)61(67)57-55-53-51-49-47-45-43-41-39-37-35-32-28-26-24-22-20-18-16-14-12-10-8-6-4-2/h40,42,48,50,59-62,65-68H,3-39,41,43-47,49,51-58H2,1-2H3,(H,64,69)/b42-40+,50-48+. The molecule has 69 heavy (non-hydrogen) atoms. The Labute approximate surface area is 431 Å². The van der Waals surface area contributed by atoms with Crippen LogP contribution in [0.5, 0.6) is 0 Å². The summed E-state index contributed by atoms with van der Waals surface area (Å²) in [5.41, 5.74) is 0. The smallest absolute Gasteiger partial charge is 0.249 e. The third-order valence-corrected chi connectivity index (χ3v) is 14.9. The van der Waals surface area contributed by atoms with Crippen LogP contribution in [0.25, 0.3) is 0 Å². The number of rotatable bonds is 58. The van der Waals surface area contributed by atoms with Crippen LogP contribution in [0.1, 0.15) is 341 Å². The molecule has 0 radical (unpaired) electrons. The average Bonchev–Trinajstić information content (AvgIpc) is 3.35. The quantitative estimate of drug-likeness (QED) is 0.0308. The number of nitrogens with one attached hydrogen (secondary N) is 1. The van der Waals surface area contributed by atoms with E-state index in [4.69, 9.17) is 0 Å². The minimum absolute atomic E-state index is 0.365. The van der Waals surface area contributed by atoms with E-state index in [2.05, 4.69) is 43.5 Å². The second kappa shape index (κ2) is 57.7. The highest BCUT2D eigenvalue weighted by Crippen LogP contribution is 2.19. The van der Waals surface area contributed by atoms with Crippen LogP contribution in [0, 0.1) is 0 Å². The fraction of sp³-hybridized carbons (Fsp3) is 0.921. The van der Waals surface area contributed by atoms with Gasteiger partial charge < -0.3 is 25.7 Å². The fourth-order valence-corrected chi connectivity index (χ4v) is 10.0. The van der Waals surface area contributed by atoms with Crippen LogP contribution in [0.15, 0.2) is 24.3 Å². The molecule has 4 atom stereocenters. The molecule has 0 aliphatic heterocycles. The van der Waals surface area contributed by atoms with Crippen molar-refractivity contribution in [1.29, 1.82) is 0 Å². The molecule has 0 aliphatic carbocycles. The van der Waals surface area contributed by atoms with E-state index >= 15 is 0 Å².